The monoisotopic (exact) mass is 562 g/mol. The molecule has 1 unspecified atom stereocenters. The number of hydrogen-bond donors (Lipinski definition) is 1. The van der Waals surface area contributed by atoms with Crippen LogP contribution in [0, 0.1) is 0 Å². The van der Waals surface area contributed by atoms with Gasteiger partial charge in [0.25, 0.3) is 11.8 Å². The maximum atomic E-state index is 13.1. The van der Waals surface area contributed by atoms with Crippen LogP contribution in [0.3, 0.4) is 0 Å². The molecular weight excluding hydrogens is 543 g/mol. The zero-order valence-corrected chi connectivity index (χ0v) is 22.5. The minimum Gasteiger partial charge on any atom is -0.344 e. The lowest BCUT2D eigenvalue weighted by Gasteiger charge is -2.14. The highest BCUT2D eigenvalue weighted by Crippen LogP contribution is 2.25. The molecule has 0 saturated carbocycles. The van der Waals surface area contributed by atoms with Crippen LogP contribution in [-0.4, -0.2) is 54.8 Å². The summed E-state index contributed by atoms with van der Waals surface area (Å²) < 4.78 is 14.5. The van der Waals surface area contributed by atoms with E-state index < -0.39 is 22.7 Å². The fraction of sp³-hybridized carbons (Fsp3) is 0.174. The van der Waals surface area contributed by atoms with Crippen LogP contribution in [0.1, 0.15) is 38.8 Å². The molecule has 2 amide bonds. The van der Waals surface area contributed by atoms with Crippen LogP contribution in [0.5, 0.6) is 0 Å². The third-order valence-corrected chi connectivity index (χ3v) is 7.77. The molecule has 0 aliphatic heterocycles. The fourth-order valence-corrected chi connectivity index (χ4v) is 5.67. The first-order valence-electron chi connectivity index (χ1n) is 10.5. The van der Waals surface area contributed by atoms with Crippen molar-refractivity contribution in [3.8, 4) is 5.13 Å². The summed E-state index contributed by atoms with van der Waals surface area (Å²) in [5, 5.41) is 8.31. The van der Waals surface area contributed by atoms with Gasteiger partial charge in [-0.1, -0.05) is 34.5 Å². The highest BCUT2D eigenvalue weighted by Gasteiger charge is 2.22. The molecule has 4 aromatic rings. The standard InChI is InChI=1S/C23H20Cl2N6O3S2/c1-13(20-27-12-28-31(20)23-26-11-19(35-23)22(33)30(2)3)29-21(32)14-8-16(25)10-18(9-14)36(34)17-6-4-15(24)5-7-17/h4-13H,1-3H3,(H,29,32)/t13-,36?/m0/s1. The van der Waals surface area contributed by atoms with Crippen LogP contribution in [0.2, 0.25) is 10.0 Å². The Hall–Kier alpha value is -3.12. The van der Waals surface area contributed by atoms with Crippen molar-refractivity contribution in [3.05, 3.63) is 81.3 Å². The predicted octanol–water partition coefficient (Wildman–Crippen LogP) is 4.39. The summed E-state index contributed by atoms with van der Waals surface area (Å²) in [5.74, 6) is -0.181. The number of benzene rings is 2. The van der Waals surface area contributed by atoms with Crippen molar-refractivity contribution in [3.63, 3.8) is 0 Å². The molecule has 0 aliphatic carbocycles. The van der Waals surface area contributed by atoms with Gasteiger partial charge < -0.3 is 10.2 Å². The number of carbonyl (C=O) groups is 2. The number of rotatable bonds is 7. The third kappa shape index (κ3) is 5.65. The smallest absolute Gasteiger partial charge is 0.265 e. The number of nitrogens with zero attached hydrogens (tertiary/aromatic N) is 5. The van der Waals surface area contributed by atoms with E-state index in [9.17, 15) is 13.8 Å². The van der Waals surface area contributed by atoms with Gasteiger partial charge >= 0.3 is 0 Å². The maximum absolute atomic E-state index is 13.1. The second kappa shape index (κ2) is 10.9. The number of carbonyl (C=O) groups excluding carboxylic acids is 2. The number of halogens is 2. The van der Waals surface area contributed by atoms with Gasteiger partial charge in [0.05, 0.1) is 23.0 Å². The number of thiazole rings is 1. The normalized spacial score (nSPS) is 12.7. The Morgan fingerprint density at radius 1 is 1.06 bits per heavy atom. The van der Waals surface area contributed by atoms with Gasteiger partial charge in [-0.3, -0.25) is 9.59 Å². The summed E-state index contributed by atoms with van der Waals surface area (Å²) in [6.45, 7) is 1.75. The molecule has 2 aromatic heterocycles. The Kier molecular flexibility index (Phi) is 7.84. The molecule has 2 atom stereocenters. The first kappa shape index (κ1) is 26.0. The Morgan fingerprint density at radius 3 is 2.47 bits per heavy atom. The SMILES string of the molecule is C[C@H](NC(=O)c1cc(Cl)cc(S(=O)c2ccc(Cl)cc2)c1)c1ncnn1-c1ncc(C(=O)N(C)C)s1. The van der Waals surface area contributed by atoms with Crippen molar-refractivity contribution in [2.24, 2.45) is 0 Å². The van der Waals surface area contributed by atoms with E-state index in [0.29, 0.717) is 30.6 Å². The summed E-state index contributed by atoms with van der Waals surface area (Å²) in [6.07, 6.45) is 2.82. The molecule has 0 radical (unpaired) electrons. The predicted molar refractivity (Wildman–Crippen MR) is 139 cm³/mol. The highest BCUT2D eigenvalue weighted by atomic mass is 35.5. The molecule has 0 saturated heterocycles. The summed E-state index contributed by atoms with van der Waals surface area (Å²) in [7, 11) is 1.76. The van der Waals surface area contributed by atoms with Gasteiger partial charge in [0.15, 0.2) is 5.82 Å². The van der Waals surface area contributed by atoms with E-state index in [4.69, 9.17) is 23.2 Å². The van der Waals surface area contributed by atoms with Gasteiger partial charge in [0, 0.05) is 39.5 Å². The van der Waals surface area contributed by atoms with Gasteiger partial charge in [0.1, 0.15) is 11.2 Å². The van der Waals surface area contributed by atoms with Crippen LogP contribution >= 0.6 is 34.5 Å². The molecule has 0 aliphatic rings. The van der Waals surface area contributed by atoms with E-state index in [1.54, 1.807) is 51.4 Å². The van der Waals surface area contributed by atoms with Gasteiger partial charge in [-0.2, -0.15) is 9.78 Å². The number of nitrogens with one attached hydrogen (secondary N) is 1. The fourth-order valence-electron chi connectivity index (χ4n) is 3.21. The average Bonchev–Trinajstić information content (AvgIpc) is 3.53. The lowest BCUT2D eigenvalue weighted by molar-refractivity contribution is 0.0831. The van der Waals surface area contributed by atoms with Crippen molar-refractivity contribution in [2.45, 2.75) is 22.8 Å². The summed E-state index contributed by atoms with van der Waals surface area (Å²) in [4.78, 5) is 36.6. The van der Waals surface area contributed by atoms with Crippen molar-refractivity contribution >= 4 is 57.2 Å². The maximum Gasteiger partial charge on any atom is 0.265 e. The van der Waals surface area contributed by atoms with Crippen LogP contribution < -0.4 is 5.32 Å². The van der Waals surface area contributed by atoms with Crippen molar-refractivity contribution < 1.29 is 13.8 Å². The van der Waals surface area contributed by atoms with Crippen molar-refractivity contribution in [2.75, 3.05) is 14.1 Å². The molecule has 9 nitrogen and oxygen atoms in total. The molecule has 0 spiro atoms. The largest absolute Gasteiger partial charge is 0.344 e. The van der Waals surface area contributed by atoms with Crippen LogP contribution in [0.4, 0.5) is 0 Å². The second-order valence-electron chi connectivity index (χ2n) is 7.83. The lowest BCUT2D eigenvalue weighted by Crippen LogP contribution is -2.28. The van der Waals surface area contributed by atoms with Crippen LogP contribution in [-0.2, 0) is 10.8 Å². The van der Waals surface area contributed by atoms with Crippen molar-refractivity contribution in [1.82, 2.24) is 30.0 Å². The molecule has 1 N–H and O–H groups in total. The molecule has 2 aromatic carbocycles. The van der Waals surface area contributed by atoms with Gasteiger partial charge in [-0.05, 0) is 49.4 Å². The first-order valence-corrected chi connectivity index (χ1v) is 13.2. The van der Waals surface area contributed by atoms with E-state index in [2.05, 4.69) is 20.4 Å². The molecule has 0 bridgehead atoms. The lowest BCUT2D eigenvalue weighted by atomic mass is 10.2. The van der Waals surface area contributed by atoms with E-state index in [0.717, 1.165) is 0 Å². The number of aromatic nitrogens is 4. The van der Waals surface area contributed by atoms with E-state index in [-0.39, 0.29) is 16.5 Å². The minimum atomic E-state index is -1.56. The first-order chi connectivity index (χ1) is 17.1. The highest BCUT2D eigenvalue weighted by molar-refractivity contribution is 7.85. The van der Waals surface area contributed by atoms with Crippen LogP contribution in [0.15, 0.2) is 64.8 Å². The number of hydrogen-bond acceptors (Lipinski definition) is 7. The Bertz CT molecular complexity index is 1450. The Balaban J connectivity index is 1.54. The van der Waals surface area contributed by atoms with Gasteiger partial charge in [0.2, 0.25) is 5.13 Å². The average molecular weight is 563 g/mol. The Morgan fingerprint density at radius 2 is 1.78 bits per heavy atom. The third-order valence-electron chi connectivity index (χ3n) is 4.98. The summed E-state index contributed by atoms with van der Waals surface area (Å²) in [6, 6.07) is 10.6. The molecule has 2 heterocycles. The van der Waals surface area contributed by atoms with Gasteiger partial charge in [-0.25, -0.2) is 14.2 Å². The molecular formula is C23H20Cl2N6O3S2. The molecule has 36 heavy (non-hydrogen) atoms. The zero-order chi connectivity index (χ0) is 26.0. The van der Waals surface area contributed by atoms with E-state index >= 15 is 0 Å². The molecule has 4 rings (SSSR count). The topological polar surface area (TPSA) is 110 Å². The second-order valence-corrected chi connectivity index (χ2v) is 11.2. The summed E-state index contributed by atoms with van der Waals surface area (Å²) in [5.41, 5.74) is 0.242. The van der Waals surface area contributed by atoms with Crippen molar-refractivity contribution in [1.29, 1.82) is 0 Å². The summed E-state index contributed by atoms with van der Waals surface area (Å²) >= 11 is 13.3. The molecule has 0 fully saturated rings. The van der Waals surface area contributed by atoms with Crippen LogP contribution in [0.25, 0.3) is 5.13 Å². The Labute approximate surface area is 223 Å². The number of amides is 2. The van der Waals surface area contributed by atoms with E-state index in [1.165, 1.54) is 45.6 Å². The minimum absolute atomic E-state index is 0.172. The zero-order valence-electron chi connectivity index (χ0n) is 19.3. The van der Waals surface area contributed by atoms with E-state index in [1.807, 2.05) is 0 Å². The molecule has 13 heteroatoms. The molecule has 186 valence electrons. The van der Waals surface area contributed by atoms with Gasteiger partial charge in [-0.15, -0.1) is 0 Å². The quantitative estimate of drug-likeness (QED) is 0.357.